The first kappa shape index (κ1) is 16.0. The molecule has 4 nitrogen and oxygen atoms in total. The largest absolute Gasteiger partial charge is 0.341 e. The van der Waals surface area contributed by atoms with E-state index < -0.39 is 6.04 Å². The lowest BCUT2D eigenvalue weighted by molar-refractivity contribution is -0.126. The van der Waals surface area contributed by atoms with Crippen LogP contribution in [0, 0.1) is 0 Å². The summed E-state index contributed by atoms with van der Waals surface area (Å²) in [7, 11) is 0. The third kappa shape index (κ3) is 3.46. The van der Waals surface area contributed by atoms with Crippen LogP contribution in [0.4, 0.5) is 5.69 Å². The minimum atomic E-state index is -0.543. The van der Waals surface area contributed by atoms with Gasteiger partial charge in [0.2, 0.25) is 5.91 Å². The van der Waals surface area contributed by atoms with E-state index in [-0.39, 0.29) is 11.8 Å². The Labute approximate surface area is 134 Å². The van der Waals surface area contributed by atoms with E-state index in [4.69, 9.17) is 0 Å². The van der Waals surface area contributed by atoms with Crippen molar-refractivity contribution in [2.45, 2.75) is 39.2 Å². The van der Waals surface area contributed by atoms with E-state index >= 15 is 0 Å². The molecule has 0 aromatic heterocycles. The summed E-state index contributed by atoms with van der Waals surface area (Å²) < 4.78 is 0. The number of hydrogen-bond donors (Lipinski definition) is 1. The minimum absolute atomic E-state index is 0.0488. The summed E-state index contributed by atoms with van der Waals surface area (Å²) in [6.07, 6.45) is 3.27. The average Bonchev–Trinajstić information content (AvgIpc) is 2.70. The molecule has 2 amide bonds. The Balaban J connectivity index is 2.35. The van der Waals surface area contributed by atoms with Crippen molar-refractivity contribution in [3.05, 3.63) is 29.3 Å². The molecule has 1 aromatic rings. The predicted octanol–water partition coefficient (Wildman–Crippen LogP) is 2.95. The maximum Gasteiger partial charge on any atom is 0.254 e. The third-order valence-electron chi connectivity index (χ3n) is 3.68. The SMILES string of the molecule is CCCCc1ccc2c(c1)[C@@H](NC(C)=O)C(=O)N2CCBr. The number of carbonyl (C=O) groups is 2. The van der Waals surface area contributed by atoms with E-state index in [1.165, 1.54) is 12.5 Å². The number of unbranched alkanes of at least 4 members (excludes halogenated alkanes) is 1. The number of amides is 2. The number of aryl methyl sites for hydroxylation is 1. The Hall–Kier alpha value is -1.36. The number of anilines is 1. The Morgan fingerprint density at radius 2 is 2.19 bits per heavy atom. The van der Waals surface area contributed by atoms with Gasteiger partial charge in [0.1, 0.15) is 6.04 Å². The molecule has 1 atom stereocenters. The molecule has 5 heteroatoms. The van der Waals surface area contributed by atoms with Gasteiger partial charge in [-0.3, -0.25) is 9.59 Å². The summed E-state index contributed by atoms with van der Waals surface area (Å²) in [6, 6.07) is 5.61. The summed E-state index contributed by atoms with van der Waals surface area (Å²) in [5.74, 6) is -0.230. The lowest BCUT2D eigenvalue weighted by Gasteiger charge is -2.16. The lowest BCUT2D eigenvalue weighted by Crippen LogP contribution is -2.37. The van der Waals surface area contributed by atoms with Crippen LogP contribution in [0.25, 0.3) is 0 Å². The molecular formula is C16H21BrN2O2. The highest BCUT2D eigenvalue weighted by atomic mass is 79.9. The zero-order valence-corrected chi connectivity index (χ0v) is 14.1. The second kappa shape index (κ2) is 7.07. The lowest BCUT2D eigenvalue weighted by atomic mass is 10.0. The molecule has 0 radical (unpaired) electrons. The van der Waals surface area contributed by atoms with Gasteiger partial charge in [0.05, 0.1) is 0 Å². The summed E-state index contributed by atoms with van der Waals surface area (Å²) in [5, 5.41) is 3.48. The van der Waals surface area contributed by atoms with Gasteiger partial charge in [0.15, 0.2) is 0 Å². The van der Waals surface area contributed by atoms with E-state index in [2.05, 4.69) is 40.3 Å². The van der Waals surface area contributed by atoms with Crippen LogP contribution >= 0.6 is 15.9 Å². The molecule has 2 rings (SSSR count). The van der Waals surface area contributed by atoms with Gasteiger partial charge in [-0.2, -0.15) is 0 Å². The van der Waals surface area contributed by atoms with E-state index in [9.17, 15) is 9.59 Å². The monoisotopic (exact) mass is 352 g/mol. The van der Waals surface area contributed by atoms with Crippen LogP contribution in [0.2, 0.25) is 0 Å². The molecule has 114 valence electrons. The van der Waals surface area contributed by atoms with Gasteiger partial charge < -0.3 is 10.2 Å². The van der Waals surface area contributed by atoms with Gasteiger partial charge in [-0.15, -0.1) is 0 Å². The number of nitrogens with zero attached hydrogens (tertiary/aromatic N) is 1. The van der Waals surface area contributed by atoms with Crippen LogP contribution in [0.3, 0.4) is 0 Å². The normalized spacial score (nSPS) is 17.0. The van der Waals surface area contributed by atoms with Crippen LogP contribution in [0.5, 0.6) is 0 Å². The van der Waals surface area contributed by atoms with Crippen molar-refractivity contribution < 1.29 is 9.59 Å². The van der Waals surface area contributed by atoms with E-state index in [0.717, 1.165) is 30.5 Å². The quantitative estimate of drug-likeness (QED) is 0.800. The van der Waals surface area contributed by atoms with Crippen molar-refractivity contribution in [1.29, 1.82) is 0 Å². The number of hydrogen-bond acceptors (Lipinski definition) is 2. The van der Waals surface area contributed by atoms with Gasteiger partial charge in [-0.05, 0) is 24.5 Å². The van der Waals surface area contributed by atoms with Crippen molar-refractivity contribution in [1.82, 2.24) is 5.32 Å². The zero-order chi connectivity index (χ0) is 15.4. The topological polar surface area (TPSA) is 49.4 Å². The molecule has 21 heavy (non-hydrogen) atoms. The molecule has 0 unspecified atom stereocenters. The van der Waals surface area contributed by atoms with E-state index in [1.807, 2.05) is 6.07 Å². The average molecular weight is 353 g/mol. The number of rotatable bonds is 6. The van der Waals surface area contributed by atoms with Crippen LogP contribution < -0.4 is 10.2 Å². The molecular weight excluding hydrogens is 332 g/mol. The Morgan fingerprint density at radius 3 is 2.81 bits per heavy atom. The predicted molar refractivity (Wildman–Crippen MR) is 87.8 cm³/mol. The second-order valence-corrected chi connectivity index (χ2v) is 6.10. The van der Waals surface area contributed by atoms with Gasteiger partial charge in [0.25, 0.3) is 5.91 Å². The maximum atomic E-state index is 12.5. The van der Waals surface area contributed by atoms with Crippen molar-refractivity contribution in [3.63, 3.8) is 0 Å². The fourth-order valence-corrected chi connectivity index (χ4v) is 3.04. The van der Waals surface area contributed by atoms with Crippen molar-refractivity contribution in [2.75, 3.05) is 16.8 Å². The molecule has 0 fully saturated rings. The fourth-order valence-electron chi connectivity index (χ4n) is 2.68. The minimum Gasteiger partial charge on any atom is -0.341 e. The molecule has 0 saturated heterocycles. The zero-order valence-electron chi connectivity index (χ0n) is 12.5. The van der Waals surface area contributed by atoms with Crippen LogP contribution in [-0.2, 0) is 16.0 Å². The second-order valence-electron chi connectivity index (χ2n) is 5.31. The highest BCUT2D eigenvalue weighted by molar-refractivity contribution is 9.09. The number of nitrogens with one attached hydrogen (secondary N) is 1. The first-order valence-corrected chi connectivity index (χ1v) is 8.48. The molecule has 0 aliphatic carbocycles. The summed E-state index contributed by atoms with van der Waals surface area (Å²) >= 11 is 3.38. The van der Waals surface area contributed by atoms with Crippen LogP contribution in [0.1, 0.15) is 43.9 Å². The Kier molecular flexibility index (Phi) is 5.39. The number of carbonyl (C=O) groups excluding carboxylic acids is 2. The van der Waals surface area contributed by atoms with Gasteiger partial charge >= 0.3 is 0 Å². The number of alkyl halides is 1. The molecule has 0 saturated carbocycles. The van der Waals surface area contributed by atoms with Crippen molar-refractivity contribution >= 4 is 33.4 Å². The number of fused-ring (bicyclic) bond motifs is 1. The Bertz CT molecular complexity index is 545. The van der Waals surface area contributed by atoms with E-state index in [0.29, 0.717) is 11.9 Å². The molecule has 1 aliphatic rings. The van der Waals surface area contributed by atoms with Crippen molar-refractivity contribution in [3.8, 4) is 0 Å². The van der Waals surface area contributed by atoms with E-state index in [1.54, 1.807) is 4.90 Å². The van der Waals surface area contributed by atoms with Crippen LogP contribution in [-0.4, -0.2) is 23.7 Å². The number of benzene rings is 1. The summed E-state index contributed by atoms with van der Waals surface area (Å²) in [6.45, 7) is 4.21. The summed E-state index contributed by atoms with van der Waals surface area (Å²) in [5.41, 5.74) is 3.06. The highest BCUT2D eigenvalue weighted by Crippen LogP contribution is 2.36. The molecule has 0 bridgehead atoms. The van der Waals surface area contributed by atoms with Gasteiger partial charge in [0, 0.05) is 30.0 Å². The molecule has 1 N–H and O–H groups in total. The first-order chi connectivity index (χ1) is 10.1. The maximum absolute atomic E-state index is 12.5. The Morgan fingerprint density at radius 1 is 1.43 bits per heavy atom. The van der Waals surface area contributed by atoms with Gasteiger partial charge in [-0.1, -0.05) is 41.4 Å². The first-order valence-electron chi connectivity index (χ1n) is 7.35. The summed E-state index contributed by atoms with van der Waals surface area (Å²) in [4.78, 5) is 25.6. The number of halogens is 1. The van der Waals surface area contributed by atoms with Crippen molar-refractivity contribution in [2.24, 2.45) is 0 Å². The molecule has 1 aliphatic heterocycles. The molecule has 1 aromatic carbocycles. The fraction of sp³-hybridized carbons (Fsp3) is 0.500. The molecule has 0 spiro atoms. The van der Waals surface area contributed by atoms with Crippen LogP contribution in [0.15, 0.2) is 18.2 Å². The molecule has 1 heterocycles. The van der Waals surface area contributed by atoms with Gasteiger partial charge in [-0.25, -0.2) is 0 Å². The highest BCUT2D eigenvalue weighted by Gasteiger charge is 2.37. The smallest absolute Gasteiger partial charge is 0.254 e. The standard InChI is InChI=1S/C16H21BrN2O2/c1-3-4-5-12-6-7-14-13(10-12)15(18-11(2)20)16(21)19(14)9-8-17/h6-7,10,15H,3-5,8-9H2,1-2H3,(H,18,20)/t15-/m1/s1. The third-order valence-corrected chi connectivity index (χ3v) is 4.04.